The zero-order chi connectivity index (χ0) is 11.3. The molecule has 0 bridgehead atoms. The van der Waals surface area contributed by atoms with E-state index in [1.165, 1.54) is 0 Å². The Morgan fingerprint density at radius 3 is 2.53 bits per heavy atom. The fourth-order valence-electron chi connectivity index (χ4n) is 2.42. The molecule has 88 valence electrons. The zero-order valence-corrected chi connectivity index (χ0v) is 9.88. The van der Waals surface area contributed by atoms with E-state index in [9.17, 15) is 9.90 Å². The van der Waals surface area contributed by atoms with Crippen LogP contribution in [-0.2, 0) is 4.79 Å². The van der Waals surface area contributed by atoms with Gasteiger partial charge in [0.2, 0.25) is 0 Å². The number of hydrogen-bond donors (Lipinski definition) is 2. The largest absolute Gasteiger partial charge is 0.481 e. The van der Waals surface area contributed by atoms with Gasteiger partial charge in [-0.25, -0.2) is 0 Å². The van der Waals surface area contributed by atoms with Crippen LogP contribution in [0.3, 0.4) is 0 Å². The summed E-state index contributed by atoms with van der Waals surface area (Å²) in [5, 5.41) is 12.6. The van der Waals surface area contributed by atoms with Crippen LogP contribution in [0.5, 0.6) is 0 Å². The highest BCUT2D eigenvalue weighted by Crippen LogP contribution is 2.37. The summed E-state index contributed by atoms with van der Waals surface area (Å²) in [6, 6.07) is 0.437. The average Bonchev–Trinajstić information content (AvgIpc) is 2.65. The van der Waals surface area contributed by atoms with E-state index in [0.29, 0.717) is 12.6 Å². The molecule has 1 rings (SSSR count). The quantitative estimate of drug-likeness (QED) is 0.712. The lowest BCUT2D eigenvalue weighted by Crippen LogP contribution is -2.42. The molecule has 2 N–H and O–H groups in total. The van der Waals surface area contributed by atoms with Gasteiger partial charge in [-0.3, -0.25) is 4.79 Å². The van der Waals surface area contributed by atoms with Gasteiger partial charge >= 0.3 is 5.97 Å². The molecule has 3 heteroatoms. The van der Waals surface area contributed by atoms with Crippen LogP contribution >= 0.6 is 0 Å². The molecule has 15 heavy (non-hydrogen) atoms. The Morgan fingerprint density at radius 2 is 2.07 bits per heavy atom. The number of rotatable bonds is 6. The van der Waals surface area contributed by atoms with Crippen LogP contribution in [-0.4, -0.2) is 23.7 Å². The van der Waals surface area contributed by atoms with Gasteiger partial charge in [-0.2, -0.15) is 0 Å². The van der Waals surface area contributed by atoms with Crippen LogP contribution in [0.1, 0.15) is 52.4 Å². The number of aliphatic carboxylic acids is 1. The van der Waals surface area contributed by atoms with Crippen molar-refractivity contribution in [3.05, 3.63) is 0 Å². The molecular weight excluding hydrogens is 190 g/mol. The molecule has 1 aliphatic carbocycles. The second-order valence-corrected chi connectivity index (χ2v) is 4.86. The summed E-state index contributed by atoms with van der Waals surface area (Å²) in [6.07, 6.45) is 6.08. The molecule has 1 aliphatic rings. The van der Waals surface area contributed by atoms with Crippen LogP contribution in [0.25, 0.3) is 0 Å². The lowest BCUT2D eigenvalue weighted by molar-refractivity contribution is -0.148. The molecular formula is C12H23NO2. The number of carbonyl (C=O) groups is 1. The molecule has 0 aliphatic heterocycles. The van der Waals surface area contributed by atoms with Crippen molar-refractivity contribution >= 4 is 5.97 Å². The molecule has 0 aromatic rings. The van der Waals surface area contributed by atoms with Crippen LogP contribution in [0.2, 0.25) is 0 Å². The third-order valence-corrected chi connectivity index (χ3v) is 3.52. The van der Waals surface area contributed by atoms with E-state index in [2.05, 4.69) is 19.2 Å². The topological polar surface area (TPSA) is 49.3 Å². The number of hydrogen-bond acceptors (Lipinski definition) is 2. The Kier molecular flexibility index (Phi) is 4.58. The lowest BCUT2D eigenvalue weighted by atomic mass is 9.86. The van der Waals surface area contributed by atoms with Crippen molar-refractivity contribution in [1.29, 1.82) is 0 Å². The monoisotopic (exact) mass is 213 g/mol. The summed E-state index contributed by atoms with van der Waals surface area (Å²) in [5.74, 6) is -0.615. The van der Waals surface area contributed by atoms with Crippen molar-refractivity contribution in [3.63, 3.8) is 0 Å². The fourth-order valence-corrected chi connectivity index (χ4v) is 2.42. The summed E-state index contributed by atoms with van der Waals surface area (Å²) in [5.41, 5.74) is -0.470. The van der Waals surface area contributed by atoms with E-state index in [0.717, 1.165) is 38.5 Å². The van der Waals surface area contributed by atoms with Crippen molar-refractivity contribution in [1.82, 2.24) is 5.32 Å². The Labute approximate surface area is 92.3 Å². The summed E-state index contributed by atoms with van der Waals surface area (Å²) >= 11 is 0. The Morgan fingerprint density at radius 1 is 1.47 bits per heavy atom. The molecule has 1 saturated carbocycles. The summed E-state index contributed by atoms with van der Waals surface area (Å²) in [4.78, 5) is 11.3. The Balaban J connectivity index is 2.42. The van der Waals surface area contributed by atoms with Gasteiger partial charge in [0.05, 0.1) is 5.41 Å². The number of carboxylic acids is 1. The molecule has 0 saturated heterocycles. The van der Waals surface area contributed by atoms with Crippen molar-refractivity contribution in [2.75, 3.05) is 6.54 Å². The van der Waals surface area contributed by atoms with Crippen LogP contribution in [0.4, 0.5) is 0 Å². The summed E-state index contributed by atoms with van der Waals surface area (Å²) in [6.45, 7) is 4.93. The molecule has 0 spiro atoms. The predicted octanol–water partition coefficient (Wildman–Crippen LogP) is 2.41. The van der Waals surface area contributed by atoms with Crippen molar-refractivity contribution in [3.8, 4) is 0 Å². The van der Waals surface area contributed by atoms with Crippen molar-refractivity contribution < 1.29 is 9.90 Å². The Hall–Kier alpha value is -0.570. The predicted molar refractivity (Wildman–Crippen MR) is 60.9 cm³/mol. The normalized spacial score (nSPS) is 21.5. The first kappa shape index (κ1) is 12.5. The maximum Gasteiger partial charge on any atom is 0.310 e. The highest BCUT2D eigenvalue weighted by atomic mass is 16.4. The molecule has 0 aromatic heterocycles. The van der Waals surface area contributed by atoms with E-state index in [1.54, 1.807) is 0 Å². The van der Waals surface area contributed by atoms with Gasteiger partial charge in [-0.1, -0.05) is 26.2 Å². The average molecular weight is 213 g/mol. The van der Waals surface area contributed by atoms with Crippen LogP contribution in [0.15, 0.2) is 0 Å². The number of carboxylic acid groups (broad SMARTS) is 1. The van der Waals surface area contributed by atoms with Crippen molar-refractivity contribution in [2.24, 2.45) is 5.41 Å². The fraction of sp³-hybridized carbons (Fsp3) is 0.917. The second-order valence-electron chi connectivity index (χ2n) is 4.86. The van der Waals surface area contributed by atoms with Gasteiger partial charge in [0.25, 0.3) is 0 Å². The second kappa shape index (κ2) is 5.50. The summed E-state index contributed by atoms with van der Waals surface area (Å²) < 4.78 is 0. The highest BCUT2D eigenvalue weighted by Gasteiger charge is 2.40. The minimum Gasteiger partial charge on any atom is -0.481 e. The third-order valence-electron chi connectivity index (χ3n) is 3.52. The molecule has 0 amide bonds. The first-order valence-electron chi connectivity index (χ1n) is 6.07. The third kappa shape index (κ3) is 3.20. The van der Waals surface area contributed by atoms with Gasteiger partial charge in [0.15, 0.2) is 0 Å². The molecule has 1 fully saturated rings. The standard InChI is InChI=1S/C12H23NO2/c1-3-6-10(2)13-9-12(11(14)15)7-4-5-8-12/h10,13H,3-9H2,1-2H3,(H,14,15). The first-order chi connectivity index (χ1) is 7.10. The van der Waals surface area contributed by atoms with Crippen LogP contribution < -0.4 is 5.32 Å². The molecule has 0 aromatic carbocycles. The van der Waals surface area contributed by atoms with E-state index in [1.807, 2.05) is 0 Å². The highest BCUT2D eigenvalue weighted by molar-refractivity contribution is 5.75. The Bertz CT molecular complexity index is 210. The zero-order valence-electron chi connectivity index (χ0n) is 9.88. The van der Waals surface area contributed by atoms with Gasteiger partial charge in [-0.15, -0.1) is 0 Å². The molecule has 1 unspecified atom stereocenters. The number of nitrogens with one attached hydrogen (secondary N) is 1. The molecule has 3 nitrogen and oxygen atoms in total. The maximum atomic E-state index is 11.3. The molecule has 0 heterocycles. The van der Waals surface area contributed by atoms with Crippen molar-refractivity contribution in [2.45, 2.75) is 58.4 Å². The van der Waals surface area contributed by atoms with Gasteiger partial charge in [0.1, 0.15) is 0 Å². The molecule has 1 atom stereocenters. The van der Waals surface area contributed by atoms with E-state index < -0.39 is 11.4 Å². The van der Waals surface area contributed by atoms with E-state index in [-0.39, 0.29) is 0 Å². The minimum absolute atomic E-state index is 0.437. The van der Waals surface area contributed by atoms with Gasteiger partial charge in [0, 0.05) is 12.6 Å². The lowest BCUT2D eigenvalue weighted by Gasteiger charge is -2.26. The molecule has 0 radical (unpaired) electrons. The summed E-state index contributed by atoms with van der Waals surface area (Å²) in [7, 11) is 0. The van der Waals surface area contributed by atoms with Gasteiger partial charge < -0.3 is 10.4 Å². The smallest absolute Gasteiger partial charge is 0.310 e. The van der Waals surface area contributed by atoms with E-state index >= 15 is 0 Å². The minimum atomic E-state index is -0.615. The van der Waals surface area contributed by atoms with E-state index in [4.69, 9.17) is 0 Å². The first-order valence-corrected chi connectivity index (χ1v) is 6.07. The van der Waals surface area contributed by atoms with Crippen LogP contribution in [0, 0.1) is 5.41 Å². The van der Waals surface area contributed by atoms with Gasteiger partial charge in [-0.05, 0) is 26.2 Å². The SMILES string of the molecule is CCCC(C)NCC1(C(=O)O)CCCC1. The maximum absolute atomic E-state index is 11.3.